The summed E-state index contributed by atoms with van der Waals surface area (Å²) in [7, 11) is 1.63. The highest BCUT2D eigenvalue weighted by Gasteiger charge is 2.15. The molecule has 0 heterocycles. The molecule has 27 heavy (non-hydrogen) atoms. The van der Waals surface area contributed by atoms with Crippen LogP contribution in [0.15, 0.2) is 78.9 Å². The number of rotatable bonds is 6. The molecule has 2 amide bonds. The first-order valence-corrected chi connectivity index (χ1v) is 8.97. The summed E-state index contributed by atoms with van der Waals surface area (Å²) in [6.07, 6.45) is 0. The first kappa shape index (κ1) is 18.5. The van der Waals surface area contributed by atoms with Gasteiger partial charge >= 0.3 is 6.03 Å². The Morgan fingerprint density at radius 1 is 0.926 bits per heavy atom. The molecule has 0 fully saturated rings. The fourth-order valence-corrected chi connectivity index (χ4v) is 3.06. The van der Waals surface area contributed by atoms with E-state index in [0.717, 1.165) is 17.0 Å². The number of methoxy groups -OCH3 is 1. The zero-order valence-electron chi connectivity index (χ0n) is 15.6. The average molecular weight is 360 g/mol. The van der Waals surface area contributed by atoms with E-state index in [1.165, 1.54) is 11.1 Å². The number of amides is 2. The zero-order valence-corrected chi connectivity index (χ0v) is 15.6. The van der Waals surface area contributed by atoms with E-state index in [-0.39, 0.29) is 11.9 Å². The molecule has 0 aliphatic heterocycles. The Morgan fingerprint density at radius 3 is 2.04 bits per heavy atom. The van der Waals surface area contributed by atoms with Crippen LogP contribution in [-0.2, 0) is 0 Å². The lowest BCUT2D eigenvalue weighted by molar-refractivity contribution is 0.252. The molecule has 4 nitrogen and oxygen atoms in total. The third-order valence-corrected chi connectivity index (χ3v) is 4.55. The van der Waals surface area contributed by atoms with Crippen molar-refractivity contribution >= 4 is 11.7 Å². The monoisotopic (exact) mass is 360 g/mol. The predicted molar refractivity (Wildman–Crippen MR) is 109 cm³/mol. The van der Waals surface area contributed by atoms with Gasteiger partial charge in [-0.3, -0.25) is 0 Å². The maximum atomic E-state index is 12.4. The molecule has 138 valence electrons. The van der Waals surface area contributed by atoms with Crippen molar-refractivity contribution in [3.05, 3.63) is 95.6 Å². The highest BCUT2D eigenvalue weighted by Crippen LogP contribution is 2.24. The quantitative estimate of drug-likeness (QED) is 0.653. The summed E-state index contributed by atoms with van der Waals surface area (Å²) in [5, 5.41) is 5.92. The van der Waals surface area contributed by atoms with E-state index in [1.807, 2.05) is 61.5 Å². The van der Waals surface area contributed by atoms with Crippen LogP contribution in [0.1, 0.15) is 22.6 Å². The molecule has 0 saturated carbocycles. The molecule has 2 N–H and O–H groups in total. The fraction of sp³-hybridized carbons (Fsp3) is 0.174. The van der Waals surface area contributed by atoms with Crippen LogP contribution in [0.5, 0.6) is 5.75 Å². The van der Waals surface area contributed by atoms with E-state index in [0.29, 0.717) is 6.54 Å². The Bertz CT molecular complexity index is 840. The number of benzene rings is 3. The van der Waals surface area contributed by atoms with E-state index < -0.39 is 0 Å². The van der Waals surface area contributed by atoms with Gasteiger partial charge in [0.15, 0.2) is 0 Å². The minimum atomic E-state index is -0.222. The van der Waals surface area contributed by atoms with Gasteiger partial charge in [0.05, 0.1) is 7.11 Å². The molecule has 0 spiro atoms. The number of hydrogen-bond donors (Lipinski definition) is 2. The van der Waals surface area contributed by atoms with Crippen LogP contribution in [0.25, 0.3) is 0 Å². The lowest BCUT2D eigenvalue weighted by Gasteiger charge is -2.19. The first-order chi connectivity index (χ1) is 13.2. The molecule has 0 unspecified atom stereocenters. The minimum absolute atomic E-state index is 0.0927. The summed E-state index contributed by atoms with van der Waals surface area (Å²) in [4.78, 5) is 12.4. The van der Waals surface area contributed by atoms with Crippen LogP contribution >= 0.6 is 0 Å². The van der Waals surface area contributed by atoms with Crippen LogP contribution in [0.4, 0.5) is 10.5 Å². The van der Waals surface area contributed by atoms with Crippen molar-refractivity contribution in [3.8, 4) is 5.75 Å². The highest BCUT2D eigenvalue weighted by atomic mass is 16.5. The molecule has 0 aromatic heterocycles. The number of hydrogen-bond acceptors (Lipinski definition) is 2. The number of carbonyl (C=O) groups is 1. The normalized spacial score (nSPS) is 10.5. The Labute approximate surface area is 160 Å². The molecular formula is C23H24N2O2. The number of carbonyl (C=O) groups excluding carboxylic acids is 1. The van der Waals surface area contributed by atoms with Gasteiger partial charge in [0.1, 0.15) is 5.75 Å². The summed E-state index contributed by atoms with van der Waals surface area (Å²) in [5.74, 6) is 0.863. The summed E-state index contributed by atoms with van der Waals surface area (Å²) >= 11 is 0. The standard InChI is InChI=1S/C23H24N2O2/c1-17-15-20(27-2)13-14-22(17)25-23(26)24-16-21(18-9-5-3-6-10-18)19-11-7-4-8-12-19/h3-15,21H,16H2,1-2H3,(H2,24,25,26). The lowest BCUT2D eigenvalue weighted by Crippen LogP contribution is -2.33. The molecule has 0 saturated heterocycles. The Kier molecular flexibility index (Phi) is 6.10. The van der Waals surface area contributed by atoms with Crippen LogP contribution in [0.2, 0.25) is 0 Å². The SMILES string of the molecule is COc1ccc(NC(=O)NCC(c2ccccc2)c2ccccc2)c(C)c1. The predicted octanol–water partition coefficient (Wildman–Crippen LogP) is 4.96. The number of urea groups is 1. The second-order valence-corrected chi connectivity index (χ2v) is 6.39. The van der Waals surface area contributed by atoms with Gasteiger partial charge in [0, 0.05) is 18.2 Å². The van der Waals surface area contributed by atoms with Crippen molar-refractivity contribution in [2.45, 2.75) is 12.8 Å². The van der Waals surface area contributed by atoms with Crippen molar-refractivity contribution in [3.63, 3.8) is 0 Å². The van der Waals surface area contributed by atoms with Gasteiger partial charge in [-0.15, -0.1) is 0 Å². The topological polar surface area (TPSA) is 50.4 Å². The third kappa shape index (κ3) is 4.88. The second kappa shape index (κ2) is 8.90. The van der Waals surface area contributed by atoms with Gasteiger partial charge in [-0.25, -0.2) is 4.79 Å². The molecule has 0 bridgehead atoms. The van der Waals surface area contributed by atoms with Gasteiger partial charge in [-0.2, -0.15) is 0 Å². The fourth-order valence-electron chi connectivity index (χ4n) is 3.06. The molecule has 3 rings (SSSR count). The summed E-state index contributed by atoms with van der Waals surface area (Å²) < 4.78 is 5.20. The summed E-state index contributed by atoms with van der Waals surface area (Å²) in [6.45, 7) is 2.45. The average Bonchev–Trinajstić information content (AvgIpc) is 2.71. The smallest absolute Gasteiger partial charge is 0.319 e. The number of anilines is 1. The van der Waals surface area contributed by atoms with E-state index in [2.05, 4.69) is 34.9 Å². The van der Waals surface area contributed by atoms with Crippen molar-refractivity contribution in [1.82, 2.24) is 5.32 Å². The maximum absolute atomic E-state index is 12.4. The van der Waals surface area contributed by atoms with E-state index in [4.69, 9.17) is 4.74 Å². The van der Waals surface area contributed by atoms with E-state index in [1.54, 1.807) is 7.11 Å². The third-order valence-electron chi connectivity index (χ3n) is 4.55. The number of nitrogens with one attached hydrogen (secondary N) is 2. The Morgan fingerprint density at radius 2 is 1.52 bits per heavy atom. The zero-order chi connectivity index (χ0) is 19.1. The van der Waals surface area contributed by atoms with Crippen LogP contribution in [0.3, 0.4) is 0 Å². The van der Waals surface area contributed by atoms with Crippen molar-refractivity contribution in [2.75, 3.05) is 19.0 Å². The molecule has 0 radical (unpaired) electrons. The van der Waals surface area contributed by atoms with E-state index in [9.17, 15) is 4.79 Å². The van der Waals surface area contributed by atoms with Crippen LogP contribution < -0.4 is 15.4 Å². The Hall–Kier alpha value is -3.27. The van der Waals surface area contributed by atoms with Crippen molar-refractivity contribution < 1.29 is 9.53 Å². The van der Waals surface area contributed by atoms with Crippen molar-refractivity contribution in [2.24, 2.45) is 0 Å². The minimum Gasteiger partial charge on any atom is -0.497 e. The number of ether oxygens (including phenoxy) is 1. The molecule has 3 aromatic rings. The van der Waals surface area contributed by atoms with Gasteiger partial charge in [-0.05, 0) is 41.8 Å². The molecule has 0 aliphatic carbocycles. The first-order valence-electron chi connectivity index (χ1n) is 8.97. The van der Waals surface area contributed by atoms with Gasteiger partial charge < -0.3 is 15.4 Å². The van der Waals surface area contributed by atoms with Crippen LogP contribution in [-0.4, -0.2) is 19.7 Å². The van der Waals surface area contributed by atoms with Gasteiger partial charge in [-0.1, -0.05) is 60.7 Å². The molecule has 0 atom stereocenters. The van der Waals surface area contributed by atoms with Crippen LogP contribution in [0, 0.1) is 6.92 Å². The molecule has 3 aromatic carbocycles. The maximum Gasteiger partial charge on any atom is 0.319 e. The summed E-state index contributed by atoms with van der Waals surface area (Å²) in [5.41, 5.74) is 4.06. The van der Waals surface area contributed by atoms with Gasteiger partial charge in [0.2, 0.25) is 0 Å². The lowest BCUT2D eigenvalue weighted by atomic mass is 9.91. The molecular weight excluding hydrogens is 336 g/mol. The second-order valence-electron chi connectivity index (χ2n) is 6.39. The summed E-state index contributed by atoms with van der Waals surface area (Å²) in [6, 6.07) is 25.8. The van der Waals surface area contributed by atoms with Gasteiger partial charge in [0.25, 0.3) is 0 Å². The van der Waals surface area contributed by atoms with Crippen molar-refractivity contribution in [1.29, 1.82) is 0 Å². The molecule has 0 aliphatic rings. The molecule has 4 heteroatoms. The highest BCUT2D eigenvalue weighted by molar-refractivity contribution is 5.90. The van der Waals surface area contributed by atoms with E-state index >= 15 is 0 Å². The number of aryl methyl sites for hydroxylation is 1. The Balaban J connectivity index is 1.69. The largest absolute Gasteiger partial charge is 0.497 e.